The summed E-state index contributed by atoms with van der Waals surface area (Å²) in [4.78, 5) is 17.0. The number of carbonyl (C=O) groups excluding carboxylic acids is 1. The molecule has 1 atom stereocenters. The third kappa shape index (κ3) is 4.46. The van der Waals surface area contributed by atoms with Crippen molar-refractivity contribution in [1.29, 1.82) is 0 Å². The van der Waals surface area contributed by atoms with Gasteiger partial charge in [0.2, 0.25) is 5.91 Å². The maximum atomic E-state index is 12.7. The lowest BCUT2D eigenvalue weighted by Crippen LogP contribution is -2.30. The molecule has 4 aromatic rings. The molecule has 162 valence electrons. The predicted molar refractivity (Wildman–Crippen MR) is 128 cm³/mol. The fourth-order valence-corrected chi connectivity index (χ4v) is 4.76. The molecule has 0 spiro atoms. The Morgan fingerprint density at radius 1 is 0.969 bits per heavy atom. The Kier molecular flexibility index (Phi) is 6.03. The Morgan fingerprint density at radius 3 is 2.62 bits per heavy atom. The second-order valence-corrected chi connectivity index (χ2v) is 8.70. The fourth-order valence-electron chi connectivity index (χ4n) is 4.00. The van der Waals surface area contributed by atoms with Gasteiger partial charge in [-0.25, -0.2) is 0 Å². The van der Waals surface area contributed by atoms with Crippen molar-refractivity contribution in [1.82, 2.24) is 10.3 Å². The summed E-state index contributed by atoms with van der Waals surface area (Å²) >= 11 is 1.50. The molecule has 0 saturated carbocycles. The zero-order chi connectivity index (χ0) is 21.8. The average molecular weight is 445 g/mol. The van der Waals surface area contributed by atoms with Crippen LogP contribution >= 0.6 is 11.8 Å². The number of fused-ring (bicyclic) bond motifs is 2. The highest BCUT2D eigenvalue weighted by Crippen LogP contribution is 2.34. The van der Waals surface area contributed by atoms with Gasteiger partial charge >= 0.3 is 0 Å². The SMILES string of the molecule is O=C(CSc1ccc2c(c1)OCCO2)NCC(c1ccccc1)c1c[nH]c2ccccc12. The van der Waals surface area contributed by atoms with Crippen molar-refractivity contribution in [2.75, 3.05) is 25.5 Å². The molecule has 0 bridgehead atoms. The van der Waals surface area contributed by atoms with E-state index in [1.807, 2.05) is 48.5 Å². The largest absolute Gasteiger partial charge is 0.486 e. The van der Waals surface area contributed by atoms with Crippen LogP contribution in [0.25, 0.3) is 10.9 Å². The molecular weight excluding hydrogens is 420 g/mol. The van der Waals surface area contributed by atoms with E-state index in [2.05, 4.69) is 40.8 Å². The van der Waals surface area contributed by atoms with Crippen LogP contribution in [0.3, 0.4) is 0 Å². The van der Waals surface area contributed by atoms with E-state index in [0.29, 0.717) is 25.5 Å². The lowest BCUT2D eigenvalue weighted by Gasteiger charge is -2.19. The van der Waals surface area contributed by atoms with Gasteiger partial charge in [-0.15, -0.1) is 11.8 Å². The van der Waals surface area contributed by atoms with Crippen LogP contribution in [0.4, 0.5) is 0 Å². The number of hydrogen-bond acceptors (Lipinski definition) is 4. The highest BCUT2D eigenvalue weighted by Gasteiger charge is 2.19. The summed E-state index contributed by atoms with van der Waals surface area (Å²) in [7, 11) is 0. The first-order valence-electron chi connectivity index (χ1n) is 10.7. The summed E-state index contributed by atoms with van der Waals surface area (Å²) in [5, 5.41) is 4.32. The van der Waals surface area contributed by atoms with Gasteiger partial charge in [-0.05, 0) is 35.4 Å². The molecule has 32 heavy (non-hydrogen) atoms. The average Bonchev–Trinajstić information content (AvgIpc) is 3.27. The minimum Gasteiger partial charge on any atom is -0.486 e. The molecule has 3 aromatic carbocycles. The Labute approximate surface area is 191 Å². The second kappa shape index (κ2) is 9.40. The van der Waals surface area contributed by atoms with Crippen molar-refractivity contribution >= 4 is 28.6 Å². The van der Waals surface area contributed by atoms with Gasteiger partial charge in [0, 0.05) is 34.5 Å². The third-order valence-corrected chi connectivity index (χ3v) is 6.58. The van der Waals surface area contributed by atoms with Crippen molar-refractivity contribution in [3.8, 4) is 11.5 Å². The Bertz CT molecular complexity index is 1220. The number of carbonyl (C=O) groups is 1. The van der Waals surface area contributed by atoms with E-state index < -0.39 is 0 Å². The van der Waals surface area contributed by atoms with Crippen LogP contribution in [-0.2, 0) is 4.79 Å². The van der Waals surface area contributed by atoms with Gasteiger partial charge in [-0.1, -0.05) is 48.5 Å². The summed E-state index contributed by atoms with van der Waals surface area (Å²) in [6.45, 7) is 1.66. The maximum Gasteiger partial charge on any atom is 0.230 e. The van der Waals surface area contributed by atoms with Gasteiger partial charge in [0.1, 0.15) is 13.2 Å². The standard InChI is InChI=1S/C26H24N2O3S/c29-26(17-32-19-10-11-24-25(14-19)31-13-12-30-24)28-15-21(18-6-2-1-3-7-18)22-16-27-23-9-5-4-8-20(22)23/h1-11,14,16,21,27H,12-13,15,17H2,(H,28,29). The molecule has 0 radical (unpaired) electrons. The zero-order valence-electron chi connectivity index (χ0n) is 17.5. The monoisotopic (exact) mass is 444 g/mol. The summed E-state index contributed by atoms with van der Waals surface area (Å²) in [5.41, 5.74) is 3.47. The molecule has 2 heterocycles. The number of thioether (sulfide) groups is 1. The second-order valence-electron chi connectivity index (χ2n) is 7.65. The van der Waals surface area contributed by atoms with Crippen LogP contribution in [0.1, 0.15) is 17.0 Å². The number of ether oxygens (including phenoxy) is 2. The number of nitrogens with one attached hydrogen (secondary N) is 2. The van der Waals surface area contributed by atoms with Crippen molar-refractivity contribution in [3.63, 3.8) is 0 Å². The molecule has 0 aliphatic carbocycles. The van der Waals surface area contributed by atoms with Crippen LogP contribution < -0.4 is 14.8 Å². The van der Waals surface area contributed by atoms with Crippen molar-refractivity contribution in [3.05, 3.63) is 90.1 Å². The smallest absolute Gasteiger partial charge is 0.230 e. The first kappa shape index (κ1) is 20.5. The van der Waals surface area contributed by atoms with Gasteiger partial charge in [-0.2, -0.15) is 0 Å². The highest BCUT2D eigenvalue weighted by atomic mass is 32.2. The fraction of sp³-hybridized carbons (Fsp3) is 0.192. The van der Waals surface area contributed by atoms with E-state index in [-0.39, 0.29) is 11.8 Å². The molecule has 1 aromatic heterocycles. The molecule has 6 heteroatoms. The Morgan fingerprint density at radius 2 is 1.75 bits per heavy atom. The topological polar surface area (TPSA) is 63.4 Å². The molecule has 1 aliphatic rings. The van der Waals surface area contributed by atoms with E-state index in [1.54, 1.807) is 0 Å². The van der Waals surface area contributed by atoms with E-state index in [1.165, 1.54) is 28.3 Å². The summed E-state index contributed by atoms with van der Waals surface area (Å²) in [6.07, 6.45) is 2.05. The van der Waals surface area contributed by atoms with Gasteiger partial charge in [0.25, 0.3) is 0 Å². The molecule has 1 aliphatic heterocycles. The van der Waals surface area contributed by atoms with Crippen molar-refractivity contribution in [2.24, 2.45) is 0 Å². The van der Waals surface area contributed by atoms with E-state index in [0.717, 1.165) is 21.9 Å². The first-order valence-corrected chi connectivity index (χ1v) is 11.7. The van der Waals surface area contributed by atoms with Gasteiger partial charge < -0.3 is 19.8 Å². The van der Waals surface area contributed by atoms with Crippen molar-refractivity contribution in [2.45, 2.75) is 10.8 Å². The lowest BCUT2D eigenvalue weighted by atomic mass is 9.91. The van der Waals surface area contributed by atoms with Gasteiger partial charge in [0.15, 0.2) is 11.5 Å². The normalized spacial score (nSPS) is 13.6. The predicted octanol–water partition coefficient (Wildman–Crippen LogP) is 4.98. The van der Waals surface area contributed by atoms with E-state index in [4.69, 9.17) is 9.47 Å². The highest BCUT2D eigenvalue weighted by molar-refractivity contribution is 8.00. The molecule has 0 saturated heterocycles. The molecule has 5 nitrogen and oxygen atoms in total. The van der Waals surface area contributed by atoms with Crippen molar-refractivity contribution < 1.29 is 14.3 Å². The number of para-hydroxylation sites is 1. The molecule has 2 N–H and O–H groups in total. The number of hydrogen-bond donors (Lipinski definition) is 2. The summed E-state index contributed by atoms with van der Waals surface area (Å²) in [6, 6.07) is 24.4. The molecule has 1 unspecified atom stereocenters. The van der Waals surface area contributed by atoms with Crippen LogP contribution in [0.2, 0.25) is 0 Å². The lowest BCUT2D eigenvalue weighted by molar-refractivity contribution is -0.118. The van der Waals surface area contributed by atoms with Gasteiger partial charge in [0.05, 0.1) is 5.75 Å². The van der Waals surface area contributed by atoms with Gasteiger partial charge in [-0.3, -0.25) is 4.79 Å². The molecular formula is C26H24N2O3S. The zero-order valence-corrected chi connectivity index (χ0v) is 18.4. The summed E-state index contributed by atoms with van der Waals surface area (Å²) in [5.74, 6) is 1.91. The van der Waals surface area contributed by atoms with Crippen LogP contribution in [0.5, 0.6) is 11.5 Å². The Balaban J connectivity index is 1.27. The minimum atomic E-state index is 0.00524. The number of aromatic nitrogens is 1. The Hall–Kier alpha value is -3.38. The third-order valence-electron chi connectivity index (χ3n) is 5.59. The van der Waals surface area contributed by atoms with Crippen LogP contribution in [0.15, 0.2) is 83.9 Å². The number of benzene rings is 3. The molecule has 5 rings (SSSR count). The molecule has 0 fully saturated rings. The quantitative estimate of drug-likeness (QED) is 0.395. The van der Waals surface area contributed by atoms with E-state index >= 15 is 0 Å². The maximum absolute atomic E-state index is 12.7. The number of rotatable bonds is 7. The summed E-state index contributed by atoms with van der Waals surface area (Å²) < 4.78 is 11.2. The van der Waals surface area contributed by atoms with Crippen LogP contribution in [-0.4, -0.2) is 36.4 Å². The van der Waals surface area contributed by atoms with Crippen LogP contribution in [0, 0.1) is 0 Å². The van der Waals surface area contributed by atoms with E-state index in [9.17, 15) is 4.79 Å². The number of aromatic amines is 1. The minimum absolute atomic E-state index is 0.00524. The molecule has 1 amide bonds. The number of amides is 1. The number of H-pyrrole nitrogens is 1. The first-order chi connectivity index (χ1) is 15.8.